The normalized spacial score (nSPS) is 20.0. The summed E-state index contributed by atoms with van der Waals surface area (Å²) in [5.74, 6) is 0.785. The van der Waals surface area contributed by atoms with Gasteiger partial charge in [0.15, 0.2) is 0 Å². The average molecular weight is 302 g/mol. The summed E-state index contributed by atoms with van der Waals surface area (Å²) >= 11 is 6.10. The Balaban J connectivity index is 2.05. The number of halogens is 1. The summed E-state index contributed by atoms with van der Waals surface area (Å²) in [5.41, 5.74) is 2.13. The Morgan fingerprint density at radius 2 is 2.00 bits per heavy atom. The summed E-state index contributed by atoms with van der Waals surface area (Å²) in [5, 5.41) is 3.57. The number of carbonyl (C=O) groups excluding carboxylic acids is 1. The van der Waals surface area contributed by atoms with E-state index in [1.807, 2.05) is 43.3 Å². The lowest BCUT2D eigenvalue weighted by molar-refractivity contribution is -0.120. The van der Waals surface area contributed by atoms with Crippen LogP contribution in [-0.2, 0) is 16.6 Å². The summed E-state index contributed by atoms with van der Waals surface area (Å²) < 4.78 is 5.39. The highest BCUT2D eigenvalue weighted by atomic mass is 35.5. The molecule has 2 aromatic rings. The van der Waals surface area contributed by atoms with Crippen LogP contribution in [0.3, 0.4) is 0 Å². The highest BCUT2D eigenvalue weighted by Crippen LogP contribution is 2.42. The molecule has 4 heteroatoms. The van der Waals surface area contributed by atoms with Crippen molar-refractivity contribution < 1.29 is 9.53 Å². The van der Waals surface area contributed by atoms with E-state index in [0.717, 1.165) is 22.6 Å². The molecule has 0 aliphatic carbocycles. The number of fused-ring (bicyclic) bond motifs is 1. The van der Waals surface area contributed by atoms with E-state index in [1.165, 1.54) is 0 Å². The third-order valence-electron chi connectivity index (χ3n) is 4.06. The van der Waals surface area contributed by atoms with E-state index in [-0.39, 0.29) is 5.91 Å². The molecule has 1 atom stereocenters. The zero-order chi connectivity index (χ0) is 15.0. The molecule has 1 N–H and O–H groups in total. The SMILES string of the molecule is COc1ccccc1CC1(C)C(=O)Nc2ccc(Cl)cc21. The first-order valence-electron chi connectivity index (χ1n) is 6.78. The number of amides is 1. The van der Waals surface area contributed by atoms with Gasteiger partial charge in [-0.3, -0.25) is 4.79 Å². The Kier molecular flexibility index (Phi) is 3.38. The number of methoxy groups -OCH3 is 1. The second-order valence-electron chi connectivity index (χ2n) is 5.46. The highest BCUT2D eigenvalue weighted by Gasteiger charge is 2.43. The van der Waals surface area contributed by atoms with Crippen molar-refractivity contribution in [3.8, 4) is 5.75 Å². The van der Waals surface area contributed by atoms with Crippen LogP contribution in [0.1, 0.15) is 18.1 Å². The van der Waals surface area contributed by atoms with Gasteiger partial charge in [0.05, 0.1) is 12.5 Å². The predicted octanol–water partition coefficient (Wildman–Crippen LogP) is 3.80. The fraction of sp³-hybridized carbons (Fsp3) is 0.235. The average Bonchev–Trinajstić information content (AvgIpc) is 2.72. The molecule has 1 heterocycles. The number of nitrogens with one attached hydrogen (secondary N) is 1. The molecule has 3 nitrogen and oxygen atoms in total. The van der Waals surface area contributed by atoms with Gasteiger partial charge in [-0.1, -0.05) is 29.8 Å². The fourth-order valence-corrected chi connectivity index (χ4v) is 3.04. The van der Waals surface area contributed by atoms with Crippen LogP contribution in [0.4, 0.5) is 5.69 Å². The van der Waals surface area contributed by atoms with Crippen LogP contribution in [0.25, 0.3) is 0 Å². The van der Waals surface area contributed by atoms with Crippen LogP contribution in [0.2, 0.25) is 5.02 Å². The van der Waals surface area contributed by atoms with Crippen molar-refractivity contribution in [2.75, 3.05) is 12.4 Å². The van der Waals surface area contributed by atoms with Gasteiger partial charge in [0, 0.05) is 10.7 Å². The third kappa shape index (κ3) is 2.28. The number of hydrogen-bond donors (Lipinski definition) is 1. The van der Waals surface area contributed by atoms with Crippen LogP contribution >= 0.6 is 11.6 Å². The molecule has 0 fully saturated rings. The van der Waals surface area contributed by atoms with Gasteiger partial charge in [-0.2, -0.15) is 0 Å². The lowest BCUT2D eigenvalue weighted by Gasteiger charge is -2.23. The molecule has 1 aliphatic heterocycles. The van der Waals surface area contributed by atoms with Crippen molar-refractivity contribution in [3.63, 3.8) is 0 Å². The number of benzene rings is 2. The summed E-state index contributed by atoms with van der Waals surface area (Å²) in [6.45, 7) is 1.94. The topological polar surface area (TPSA) is 38.3 Å². The van der Waals surface area contributed by atoms with Crippen molar-refractivity contribution in [1.82, 2.24) is 0 Å². The minimum Gasteiger partial charge on any atom is -0.496 e. The first-order chi connectivity index (χ1) is 10.0. The monoisotopic (exact) mass is 301 g/mol. The summed E-state index contributed by atoms with van der Waals surface area (Å²) in [6, 6.07) is 13.3. The molecule has 0 radical (unpaired) electrons. The van der Waals surface area contributed by atoms with E-state index in [4.69, 9.17) is 16.3 Å². The molecule has 1 aliphatic rings. The van der Waals surface area contributed by atoms with E-state index < -0.39 is 5.41 Å². The number of hydrogen-bond acceptors (Lipinski definition) is 2. The van der Waals surface area contributed by atoms with Crippen molar-refractivity contribution in [2.24, 2.45) is 0 Å². The van der Waals surface area contributed by atoms with Crippen LogP contribution in [0.5, 0.6) is 5.75 Å². The zero-order valence-corrected chi connectivity index (χ0v) is 12.7. The van der Waals surface area contributed by atoms with E-state index in [1.54, 1.807) is 13.2 Å². The van der Waals surface area contributed by atoms with Gasteiger partial charge in [0.25, 0.3) is 0 Å². The maximum Gasteiger partial charge on any atom is 0.235 e. The largest absolute Gasteiger partial charge is 0.496 e. The molecule has 0 saturated heterocycles. The van der Waals surface area contributed by atoms with Crippen LogP contribution < -0.4 is 10.1 Å². The molecule has 1 unspecified atom stereocenters. The summed E-state index contributed by atoms with van der Waals surface area (Å²) in [6.07, 6.45) is 0.566. The van der Waals surface area contributed by atoms with Crippen molar-refractivity contribution >= 4 is 23.2 Å². The smallest absolute Gasteiger partial charge is 0.235 e. The molecule has 0 spiro atoms. The zero-order valence-electron chi connectivity index (χ0n) is 11.9. The molecule has 0 saturated carbocycles. The minimum absolute atomic E-state index is 0.00864. The van der Waals surface area contributed by atoms with E-state index in [2.05, 4.69) is 5.32 Å². The van der Waals surface area contributed by atoms with Gasteiger partial charge < -0.3 is 10.1 Å². The van der Waals surface area contributed by atoms with Gasteiger partial charge in [-0.15, -0.1) is 0 Å². The number of para-hydroxylation sites is 1. The van der Waals surface area contributed by atoms with E-state index >= 15 is 0 Å². The van der Waals surface area contributed by atoms with E-state index in [0.29, 0.717) is 11.4 Å². The molecule has 0 aromatic heterocycles. The summed E-state index contributed by atoms with van der Waals surface area (Å²) in [7, 11) is 1.64. The first kappa shape index (κ1) is 14.0. The standard InChI is InChI=1S/C17H16ClNO2/c1-17(10-11-5-3-4-6-15(11)21-2)13-9-12(18)7-8-14(13)19-16(17)20/h3-9H,10H2,1-2H3,(H,19,20). The maximum absolute atomic E-state index is 12.5. The lowest BCUT2D eigenvalue weighted by Crippen LogP contribution is -2.33. The number of carbonyl (C=O) groups is 1. The third-order valence-corrected chi connectivity index (χ3v) is 4.30. The van der Waals surface area contributed by atoms with Crippen LogP contribution in [-0.4, -0.2) is 13.0 Å². The minimum atomic E-state index is -0.644. The molecule has 2 aromatic carbocycles. The molecule has 3 rings (SSSR count). The first-order valence-corrected chi connectivity index (χ1v) is 7.16. The van der Waals surface area contributed by atoms with Gasteiger partial charge in [-0.25, -0.2) is 0 Å². The molecule has 21 heavy (non-hydrogen) atoms. The van der Waals surface area contributed by atoms with Crippen LogP contribution in [0, 0.1) is 0 Å². The summed E-state index contributed by atoms with van der Waals surface area (Å²) in [4.78, 5) is 12.5. The Labute approximate surface area is 128 Å². The molecular weight excluding hydrogens is 286 g/mol. The molecular formula is C17H16ClNO2. The number of ether oxygens (including phenoxy) is 1. The Morgan fingerprint density at radius 1 is 1.24 bits per heavy atom. The predicted molar refractivity (Wildman–Crippen MR) is 84.1 cm³/mol. The van der Waals surface area contributed by atoms with E-state index in [9.17, 15) is 4.79 Å². The van der Waals surface area contributed by atoms with Gasteiger partial charge in [-0.05, 0) is 48.7 Å². The maximum atomic E-state index is 12.5. The fourth-order valence-electron chi connectivity index (χ4n) is 2.87. The van der Waals surface area contributed by atoms with Crippen LogP contribution in [0.15, 0.2) is 42.5 Å². The van der Waals surface area contributed by atoms with Gasteiger partial charge in [0.1, 0.15) is 5.75 Å². The molecule has 108 valence electrons. The molecule has 0 bridgehead atoms. The lowest BCUT2D eigenvalue weighted by atomic mass is 9.78. The Hall–Kier alpha value is -2.00. The number of anilines is 1. The quantitative estimate of drug-likeness (QED) is 0.936. The number of rotatable bonds is 3. The van der Waals surface area contributed by atoms with Crippen molar-refractivity contribution in [2.45, 2.75) is 18.8 Å². The van der Waals surface area contributed by atoms with Crippen molar-refractivity contribution in [3.05, 3.63) is 58.6 Å². The Bertz CT molecular complexity index is 714. The highest BCUT2D eigenvalue weighted by molar-refractivity contribution is 6.31. The van der Waals surface area contributed by atoms with Gasteiger partial charge in [0.2, 0.25) is 5.91 Å². The van der Waals surface area contributed by atoms with Gasteiger partial charge >= 0.3 is 0 Å². The second-order valence-corrected chi connectivity index (χ2v) is 5.90. The van der Waals surface area contributed by atoms with Crippen molar-refractivity contribution in [1.29, 1.82) is 0 Å². The second kappa shape index (κ2) is 5.08. The molecule has 1 amide bonds. The Morgan fingerprint density at radius 3 is 2.76 bits per heavy atom.